The number of rotatable bonds is 5. The lowest BCUT2D eigenvalue weighted by atomic mass is 10.1. The zero-order valence-electron chi connectivity index (χ0n) is 15.8. The summed E-state index contributed by atoms with van der Waals surface area (Å²) in [5.41, 5.74) is -0.457. The van der Waals surface area contributed by atoms with Gasteiger partial charge in [-0.05, 0) is 37.3 Å². The summed E-state index contributed by atoms with van der Waals surface area (Å²) in [6.45, 7) is 1.56. The van der Waals surface area contributed by atoms with E-state index in [0.717, 1.165) is 10.1 Å². The Labute approximate surface area is 164 Å². The van der Waals surface area contributed by atoms with E-state index in [2.05, 4.69) is 5.32 Å². The second-order valence-electron chi connectivity index (χ2n) is 6.55. The zero-order valence-corrected chi connectivity index (χ0v) is 15.8. The van der Waals surface area contributed by atoms with E-state index in [1.807, 2.05) is 0 Å². The Morgan fingerprint density at radius 2 is 1.90 bits per heavy atom. The van der Waals surface area contributed by atoms with Crippen molar-refractivity contribution in [1.29, 1.82) is 0 Å². The first-order chi connectivity index (χ1) is 13.7. The van der Waals surface area contributed by atoms with Crippen LogP contribution in [0.4, 0.5) is 13.2 Å². The van der Waals surface area contributed by atoms with Crippen molar-refractivity contribution in [2.24, 2.45) is 0 Å². The van der Waals surface area contributed by atoms with Gasteiger partial charge in [0.15, 0.2) is 5.43 Å². The Kier molecular flexibility index (Phi) is 5.63. The number of nitrogens with zero attached hydrogens (tertiary/aromatic N) is 1. The third-order valence-corrected chi connectivity index (χ3v) is 4.51. The second-order valence-corrected chi connectivity index (χ2v) is 6.55. The van der Waals surface area contributed by atoms with Crippen molar-refractivity contribution in [2.75, 3.05) is 13.7 Å². The van der Waals surface area contributed by atoms with Gasteiger partial charge in [0.05, 0.1) is 12.6 Å². The first-order valence-corrected chi connectivity index (χ1v) is 8.84. The molecule has 0 aliphatic heterocycles. The van der Waals surface area contributed by atoms with Crippen LogP contribution < -0.4 is 15.5 Å². The fraction of sp³-hybridized carbons (Fsp3) is 0.238. The van der Waals surface area contributed by atoms with E-state index < -0.39 is 23.2 Å². The third kappa shape index (κ3) is 4.42. The van der Waals surface area contributed by atoms with Crippen molar-refractivity contribution in [2.45, 2.75) is 19.6 Å². The number of fused-ring (bicyclic) bond motifs is 1. The summed E-state index contributed by atoms with van der Waals surface area (Å²) in [5, 5.41) is 2.81. The molecule has 0 bridgehead atoms. The predicted molar refractivity (Wildman–Crippen MR) is 103 cm³/mol. The number of alkyl halides is 3. The average Bonchev–Trinajstić information content (AvgIpc) is 2.68. The number of carbonyl (C=O) groups excluding carboxylic acids is 1. The molecule has 29 heavy (non-hydrogen) atoms. The van der Waals surface area contributed by atoms with Crippen LogP contribution in [0.1, 0.15) is 21.6 Å². The number of aryl methyl sites for hydroxylation is 1. The summed E-state index contributed by atoms with van der Waals surface area (Å²) in [5.74, 6) is 0.0671. The van der Waals surface area contributed by atoms with E-state index in [1.54, 1.807) is 37.3 Å². The van der Waals surface area contributed by atoms with Crippen LogP contribution in [0.15, 0.2) is 53.3 Å². The van der Waals surface area contributed by atoms with Crippen LogP contribution in [-0.4, -0.2) is 24.1 Å². The van der Waals surface area contributed by atoms with Crippen LogP contribution in [-0.2, 0) is 12.7 Å². The molecule has 0 atom stereocenters. The van der Waals surface area contributed by atoms with Gasteiger partial charge in [-0.2, -0.15) is 13.2 Å². The number of methoxy groups -OCH3 is 1. The van der Waals surface area contributed by atoms with Gasteiger partial charge in [-0.1, -0.05) is 17.7 Å². The molecule has 0 spiro atoms. The van der Waals surface area contributed by atoms with Crippen LogP contribution in [0.3, 0.4) is 0 Å². The highest BCUT2D eigenvalue weighted by molar-refractivity contribution is 5.94. The molecule has 3 aromatic rings. The third-order valence-electron chi connectivity index (χ3n) is 4.51. The summed E-state index contributed by atoms with van der Waals surface area (Å²) < 4.78 is 46.6. The van der Waals surface area contributed by atoms with E-state index >= 15 is 0 Å². The molecular formula is C21H19F3N2O3. The van der Waals surface area contributed by atoms with Gasteiger partial charge in [0.2, 0.25) is 0 Å². The molecule has 1 heterocycles. The fourth-order valence-corrected chi connectivity index (χ4v) is 3.12. The number of ether oxygens (including phenoxy) is 1. The topological polar surface area (TPSA) is 60.3 Å². The van der Waals surface area contributed by atoms with Crippen molar-refractivity contribution >= 4 is 16.8 Å². The Bertz CT molecular complexity index is 1120. The van der Waals surface area contributed by atoms with E-state index in [9.17, 15) is 22.8 Å². The Morgan fingerprint density at radius 3 is 2.59 bits per heavy atom. The number of hydrogen-bond donors (Lipinski definition) is 1. The van der Waals surface area contributed by atoms with Crippen molar-refractivity contribution in [1.82, 2.24) is 9.88 Å². The Morgan fingerprint density at radius 1 is 1.14 bits per heavy atom. The molecule has 0 fully saturated rings. The molecular weight excluding hydrogens is 385 g/mol. The lowest BCUT2D eigenvalue weighted by molar-refractivity contribution is -0.143. The first-order valence-electron chi connectivity index (χ1n) is 8.84. The van der Waals surface area contributed by atoms with Crippen molar-refractivity contribution in [3.63, 3.8) is 0 Å². The maximum absolute atomic E-state index is 13.5. The average molecular weight is 404 g/mol. The molecule has 2 aromatic carbocycles. The highest BCUT2D eigenvalue weighted by atomic mass is 19.4. The molecule has 152 valence electrons. The number of carbonyl (C=O) groups is 1. The summed E-state index contributed by atoms with van der Waals surface area (Å²) >= 11 is 0. The Balaban J connectivity index is 1.89. The lowest BCUT2D eigenvalue weighted by Gasteiger charge is -2.19. The van der Waals surface area contributed by atoms with Gasteiger partial charge in [0, 0.05) is 30.1 Å². The van der Waals surface area contributed by atoms with E-state index in [0.29, 0.717) is 17.4 Å². The lowest BCUT2D eigenvalue weighted by Crippen LogP contribution is -2.30. The first kappa shape index (κ1) is 20.4. The normalized spacial score (nSPS) is 11.5. The van der Waals surface area contributed by atoms with Crippen LogP contribution in [0, 0.1) is 6.92 Å². The number of halogens is 3. The largest absolute Gasteiger partial charge is 0.497 e. The number of hydrogen-bond acceptors (Lipinski definition) is 3. The van der Waals surface area contributed by atoms with Crippen molar-refractivity contribution < 1.29 is 22.7 Å². The van der Waals surface area contributed by atoms with Gasteiger partial charge in [-0.3, -0.25) is 9.59 Å². The Hall–Kier alpha value is -3.29. The minimum Gasteiger partial charge on any atom is -0.497 e. The molecule has 5 nitrogen and oxygen atoms in total. The number of nitrogens with one attached hydrogen (secondary N) is 1. The molecule has 0 unspecified atom stereocenters. The fourth-order valence-electron chi connectivity index (χ4n) is 3.12. The predicted octanol–water partition coefficient (Wildman–Crippen LogP) is 3.77. The molecule has 3 rings (SSSR count). The maximum Gasteiger partial charge on any atom is 0.431 e. The molecule has 0 aliphatic rings. The van der Waals surface area contributed by atoms with Crippen LogP contribution in [0.2, 0.25) is 0 Å². The van der Waals surface area contributed by atoms with Gasteiger partial charge in [0.25, 0.3) is 5.91 Å². The minimum atomic E-state index is -4.70. The summed E-state index contributed by atoms with van der Waals surface area (Å²) in [6.07, 6.45) is -4.70. The highest BCUT2D eigenvalue weighted by Crippen LogP contribution is 2.30. The molecule has 1 N–H and O–H groups in total. The summed E-state index contributed by atoms with van der Waals surface area (Å²) in [7, 11) is 1.47. The SMILES string of the molecule is COc1cccc(C(=O)NCCn2c(C(F)(F)F)cc(=O)c3cc(C)ccc32)c1. The van der Waals surface area contributed by atoms with Gasteiger partial charge in [0.1, 0.15) is 11.4 Å². The smallest absolute Gasteiger partial charge is 0.431 e. The zero-order chi connectivity index (χ0) is 21.2. The number of aromatic nitrogens is 1. The minimum absolute atomic E-state index is 0.0506. The molecule has 8 heteroatoms. The quantitative estimate of drug-likeness (QED) is 0.704. The summed E-state index contributed by atoms with van der Waals surface area (Å²) in [4.78, 5) is 24.5. The molecule has 1 amide bonds. The van der Waals surface area contributed by atoms with E-state index in [1.165, 1.54) is 19.2 Å². The summed E-state index contributed by atoms with van der Waals surface area (Å²) in [6, 6.07) is 11.7. The molecule has 0 saturated carbocycles. The second kappa shape index (κ2) is 7.98. The number of pyridine rings is 1. The molecule has 0 saturated heterocycles. The number of benzene rings is 2. The van der Waals surface area contributed by atoms with Crippen LogP contribution >= 0.6 is 0 Å². The van der Waals surface area contributed by atoms with Crippen LogP contribution in [0.5, 0.6) is 5.75 Å². The molecule has 1 aromatic heterocycles. The highest BCUT2D eigenvalue weighted by Gasteiger charge is 2.35. The number of amides is 1. The van der Waals surface area contributed by atoms with Gasteiger partial charge < -0.3 is 14.6 Å². The van der Waals surface area contributed by atoms with Gasteiger partial charge in [-0.15, -0.1) is 0 Å². The van der Waals surface area contributed by atoms with Gasteiger partial charge >= 0.3 is 6.18 Å². The van der Waals surface area contributed by atoms with Gasteiger partial charge in [-0.25, -0.2) is 0 Å². The standard InChI is InChI=1S/C21H19F3N2O3/c1-13-6-7-17-16(10-13)18(27)12-19(21(22,23)24)26(17)9-8-25-20(28)14-4-3-5-15(11-14)29-2/h3-7,10-12H,8-9H2,1-2H3,(H,25,28). The van der Waals surface area contributed by atoms with E-state index in [-0.39, 0.29) is 24.0 Å². The maximum atomic E-state index is 13.5. The van der Waals surface area contributed by atoms with E-state index in [4.69, 9.17) is 4.74 Å². The van der Waals surface area contributed by atoms with Crippen molar-refractivity contribution in [3.8, 4) is 5.75 Å². The molecule has 0 aliphatic carbocycles. The molecule has 0 radical (unpaired) electrons. The van der Waals surface area contributed by atoms with Crippen LogP contribution in [0.25, 0.3) is 10.9 Å². The van der Waals surface area contributed by atoms with Crippen molar-refractivity contribution in [3.05, 3.63) is 75.6 Å². The monoisotopic (exact) mass is 404 g/mol.